The van der Waals surface area contributed by atoms with Crippen LogP contribution in [0.15, 0.2) is 0 Å². The highest BCUT2D eigenvalue weighted by molar-refractivity contribution is 5.08. The van der Waals surface area contributed by atoms with Crippen molar-refractivity contribution >= 4 is 0 Å². The Labute approximate surface area is 75.9 Å². The summed E-state index contributed by atoms with van der Waals surface area (Å²) in [4.78, 5) is 0. The Hall–Kier alpha value is -0.0400. The van der Waals surface area contributed by atoms with Crippen LogP contribution < -0.4 is 5.32 Å². The van der Waals surface area contributed by atoms with Crippen molar-refractivity contribution < 1.29 is 0 Å². The van der Waals surface area contributed by atoms with Crippen LogP contribution in [0.5, 0.6) is 0 Å². The highest BCUT2D eigenvalue weighted by atomic mass is 15.0. The minimum atomic E-state index is 0.504. The third-order valence-corrected chi connectivity index (χ3v) is 3.87. The average Bonchev–Trinajstić information content (AvgIpc) is 2.25. The predicted molar refractivity (Wildman–Crippen MR) is 52.1 cm³/mol. The second-order valence-electron chi connectivity index (χ2n) is 5.64. The van der Waals surface area contributed by atoms with E-state index >= 15 is 0 Å². The molecule has 1 saturated heterocycles. The summed E-state index contributed by atoms with van der Waals surface area (Å²) in [6.07, 6.45) is 5.69. The molecule has 0 radical (unpaired) electrons. The molecule has 70 valence electrons. The maximum Gasteiger partial charge on any atom is 0.0215 e. The topological polar surface area (TPSA) is 12.0 Å². The summed E-state index contributed by atoms with van der Waals surface area (Å²) in [5.74, 6) is 0.916. The largest absolute Gasteiger partial charge is 0.311 e. The standard InChI is InChI=1S/C11H21N/c1-10(2,3)9-5-8-12-11(9)6-4-7-11/h9,12H,4-8H2,1-3H3. The Kier molecular flexibility index (Phi) is 1.76. The van der Waals surface area contributed by atoms with Gasteiger partial charge in [-0.25, -0.2) is 0 Å². The van der Waals surface area contributed by atoms with Gasteiger partial charge >= 0.3 is 0 Å². The highest BCUT2D eigenvalue weighted by Crippen LogP contribution is 2.50. The molecule has 1 unspecified atom stereocenters. The molecule has 0 aromatic rings. The van der Waals surface area contributed by atoms with Gasteiger partial charge in [0.1, 0.15) is 0 Å². The van der Waals surface area contributed by atoms with E-state index in [1.165, 1.54) is 32.2 Å². The molecule has 0 bridgehead atoms. The van der Waals surface area contributed by atoms with Crippen molar-refractivity contribution in [3.05, 3.63) is 0 Å². The summed E-state index contributed by atoms with van der Waals surface area (Å²) in [7, 11) is 0. The third-order valence-electron chi connectivity index (χ3n) is 3.87. The molecule has 12 heavy (non-hydrogen) atoms. The fourth-order valence-electron chi connectivity index (χ4n) is 3.21. The first-order valence-corrected chi connectivity index (χ1v) is 5.30. The van der Waals surface area contributed by atoms with Gasteiger partial charge in [0.05, 0.1) is 0 Å². The second kappa shape index (κ2) is 2.47. The van der Waals surface area contributed by atoms with Gasteiger partial charge in [-0.3, -0.25) is 0 Å². The molecule has 1 spiro atoms. The second-order valence-corrected chi connectivity index (χ2v) is 5.64. The van der Waals surface area contributed by atoms with Crippen molar-refractivity contribution in [1.29, 1.82) is 0 Å². The van der Waals surface area contributed by atoms with Crippen LogP contribution in [-0.4, -0.2) is 12.1 Å². The molecule has 2 aliphatic rings. The molecule has 2 fully saturated rings. The van der Waals surface area contributed by atoms with E-state index in [4.69, 9.17) is 0 Å². The van der Waals surface area contributed by atoms with E-state index in [0.717, 1.165) is 5.92 Å². The monoisotopic (exact) mass is 167 g/mol. The molecule has 1 heterocycles. The SMILES string of the molecule is CC(C)(C)C1CCNC12CCC2. The lowest BCUT2D eigenvalue weighted by atomic mass is 9.61. The maximum absolute atomic E-state index is 3.73. The zero-order valence-electron chi connectivity index (χ0n) is 8.61. The summed E-state index contributed by atoms with van der Waals surface area (Å²) < 4.78 is 0. The van der Waals surface area contributed by atoms with E-state index in [0.29, 0.717) is 11.0 Å². The van der Waals surface area contributed by atoms with Crippen molar-refractivity contribution in [3.8, 4) is 0 Å². The lowest BCUT2D eigenvalue weighted by Crippen LogP contribution is -2.54. The average molecular weight is 167 g/mol. The van der Waals surface area contributed by atoms with Gasteiger partial charge in [0.2, 0.25) is 0 Å². The molecule has 1 nitrogen and oxygen atoms in total. The normalized spacial score (nSPS) is 33.8. The van der Waals surface area contributed by atoms with Gasteiger partial charge in [0.15, 0.2) is 0 Å². The molecule has 1 N–H and O–H groups in total. The zero-order valence-corrected chi connectivity index (χ0v) is 8.61. The van der Waals surface area contributed by atoms with Crippen LogP contribution in [0.4, 0.5) is 0 Å². The van der Waals surface area contributed by atoms with Gasteiger partial charge in [-0.15, -0.1) is 0 Å². The fourth-order valence-corrected chi connectivity index (χ4v) is 3.21. The molecule has 1 atom stereocenters. The smallest absolute Gasteiger partial charge is 0.0215 e. The van der Waals surface area contributed by atoms with Crippen LogP contribution in [0.25, 0.3) is 0 Å². The molecular weight excluding hydrogens is 146 g/mol. The molecule has 1 aliphatic heterocycles. The maximum atomic E-state index is 3.73. The van der Waals surface area contributed by atoms with E-state index in [-0.39, 0.29) is 0 Å². The fraction of sp³-hybridized carbons (Fsp3) is 1.00. The predicted octanol–water partition coefficient (Wildman–Crippen LogP) is 2.56. The van der Waals surface area contributed by atoms with Crippen LogP contribution in [0.1, 0.15) is 46.5 Å². The quantitative estimate of drug-likeness (QED) is 0.584. The van der Waals surface area contributed by atoms with E-state index in [9.17, 15) is 0 Å². The van der Waals surface area contributed by atoms with Crippen molar-refractivity contribution in [2.75, 3.05) is 6.54 Å². The number of nitrogens with one attached hydrogen (secondary N) is 1. The summed E-state index contributed by atoms with van der Waals surface area (Å²) >= 11 is 0. The number of hydrogen-bond acceptors (Lipinski definition) is 1. The van der Waals surface area contributed by atoms with E-state index in [1.54, 1.807) is 0 Å². The first-order chi connectivity index (χ1) is 5.55. The van der Waals surface area contributed by atoms with Gasteiger partial charge in [0, 0.05) is 5.54 Å². The van der Waals surface area contributed by atoms with Gasteiger partial charge in [-0.1, -0.05) is 20.8 Å². The Morgan fingerprint density at radius 1 is 1.25 bits per heavy atom. The Bertz CT molecular complexity index is 174. The van der Waals surface area contributed by atoms with Gasteiger partial charge in [0.25, 0.3) is 0 Å². The molecule has 1 saturated carbocycles. The molecule has 2 rings (SSSR count). The molecule has 1 heteroatoms. The van der Waals surface area contributed by atoms with Crippen molar-refractivity contribution in [1.82, 2.24) is 5.32 Å². The lowest BCUT2D eigenvalue weighted by Gasteiger charge is -2.48. The Morgan fingerprint density at radius 3 is 2.25 bits per heavy atom. The molecule has 0 aromatic carbocycles. The third kappa shape index (κ3) is 1.10. The Morgan fingerprint density at radius 2 is 1.92 bits per heavy atom. The van der Waals surface area contributed by atoms with Crippen LogP contribution in [0.2, 0.25) is 0 Å². The van der Waals surface area contributed by atoms with E-state index in [1.807, 2.05) is 0 Å². The van der Waals surface area contributed by atoms with Gasteiger partial charge in [-0.2, -0.15) is 0 Å². The summed E-state index contributed by atoms with van der Waals surface area (Å²) in [6.45, 7) is 8.43. The van der Waals surface area contributed by atoms with E-state index in [2.05, 4.69) is 26.1 Å². The molecule has 0 aromatic heterocycles. The van der Waals surface area contributed by atoms with Crippen LogP contribution in [0, 0.1) is 11.3 Å². The van der Waals surface area contributed by atoms with Crippen molar-refractivity contribution in [2.24, 2.45) is 11.3 Å². The Balaban J connectivity index is 2.14. The summed E-state index contributed by atoms with van der Waals surface area (Å²) in [5, 5.41) is 3.73. The summed E-state index contributed by atoms with van der Waals surface area (Å²) in [5.41, 5.74) is 1.07. The van der Waals surface area contributed by atoms with Crippen molar-refractivity contribution in [2.45, 2.75) is 52.0 Å². The minimum Gasteiger partial charge on any atom is -0.311 e. The van der Waals surface area contributed by atoms with Crippen LogP contribution in [-0.2, 0) is 0 Å². The number of hydrogen-bond donors (Lipinski definition) is 1. The van der Waals surface area contributed by atoms with Gasteiger partial charge < -0.3 is 5.32 Å². The minimum absolute atomic E-state index is 0.504. The van der Waals surface area contributed by atoms with Crippen molar-refractivity contribution in [3.63, 3.8) is 0 Å². The first kappa shape index (κ1) is 8.55. The first-order valence-electron chi connectivity index (χ1n) is 5.30. The summed E-state index contributed by atoms with van der Waals surface area (Å²) in [6, 6.07) is 0. The molecule has 0 amide bonds. The zero-order chi connectivity index (χ0) is 8.82. The van der Waals surface area contributed by atoms with Gasteiger partial charge in [-0.05, 0) is 43.6 Å². The van der Waals surface area contributed by atoms with Crippen LogP contribution in [0.3, 0.4) is 0 Å². The van der Waals surface area contributed by atoms with E-state index < -0.39 is 0 Å². The lowest BCUT2D eigenvalue weighted by molar-refractivity contribution is 0.0721. The number of rotatable bonds is 0. The highest BCUT2D eigenvalue weighted by Gasteiger charge is 2.50. The molecule has 1 aliphatic carbocycles. The molecular formula is C11H21N. The van der Waals surface area contributed by atoms with Crippen LogP contribution >= 0.6 is 0 Å².